The number of fused-ring (bicyclic) bond motifs is 1. The number of carbonyl (C=O) groups excluding carboxylic acids is 1. The lowest BCUT2D eigenvalue weighted by Crippen LogP contribution is -2.23. The van der Waals surface area contributed by atoms with E-state index in [0.29, 0.717) is 5.92 Å². The average molecular weight is 376 g/mol. The summed E-state index contributed by atoms with van der Waals surface area (Å²) in [4.78, 5) is 35.4. The Bertz CT molecular complexity index is 1170. The number of nitrogens with zero attached hydrogens (tertiary/aromatic N) is 1. The SMILES string of the molecule is CC(=O)Nc1ccc(-c2ccn3c(=O)c(C(=O)O)cc(C4CC4)c3c2C)cc1. The van der Waals surface area contributed by atoms with Crippen molar-refractivity contribution in [1.82, 2.24) is 4.40 Å². The van der Waals surface area contributed by atoms with Crippen LogP contribution < -0.4 is 10.9 Å². The van der Waals surface area contributed by atoms with Gasteiger partial charge in [-0.1, -0.05) is 12.1 Å². The van der Waals surface area contributed by atoms with E-state index in [2.05, 4.69) is 5.32 Å². The zero-order valence-corrected chi connectivity index (χ0v) is 15.7. The van der Waals surface area contributed by atoms with Crippen molar-refractivity contribution in [3.8, 4) is 11.1 Å². The molecule has 0 unspecified atom stereocenters. The first-order valence-electron chi connectivity index (χ1n) is 9.17. The molecule has 2 aromatic heterocycles. The third kappa shape index (κ3) is 3.07. The Morgan fingerprint density at radius 1 is 1.14 bits per heavy atom. The summed E-state index contributed by atoms with van der Waals surface area (Å²) in [7, 11) is 0. The number of carboxylic acids is 1. The molecule has 0 spiro atoms. The maximum Gasteiger partial charge on any atom is 0.341 e. The van der Waals surface area contributed by atoms with E-state index in [1.165, 1.54) is 11.3 Å². The van der Waals surface area contributed by atoms with Crippen LogP contribution in [0.25, 0.3) is 16.6 Å². The second-order valence-corrected chi connectivity index (χ2v) is 7.23. The predicted molar refractivity (Wildman–Crippen MR) is 107 cm³/mol. The number of benzene rings is 1. The highest BCUT2D eigenvalue weighted by Crippen LogP contribution is 2.43. The zero-order valence-electron chi connectivity index (χ0n) is 15.7. The van der Waals surface area contributed by atoms with Gasteiger partial charge in [-0.05, 0) is 72.2 Å². The quantitative estimate of drug-likeness (QED) is 0.725. The first-order chi connectivity index (χ1) is 13.4. The Morgan fingerprint density at radius 2 is 1.82 bits per heavy atom. The molecule has 0 atom stereocenters. The van der Waals surface area contributed by atoms with Gasteiger partial charge in [0.1, 0.15) is 5.56 Å². The molecule has 6 heteroatoms. The standard InChI is InChI=1S/C22H20N2O4/c1-12-17(14-5-7-16(8-6-14)23-13(2)25)9-10-24-20(12)18(15-3-4-15)11-19(21(24)26)22(27)28/h5-11,15H,3-4H2,1-2H3,(H,23,25)(H,27,28). The predicted octanol–water partition coefficient (Wildman–Crippen LogP) is 3.81. The van der Waals surface area contributed by atoms with Crippen LogP contribution in [0.1, 0.15) is 47.2 Å². The highest BCUT2D eigenvalue weighted by Gasteiger charge is 2.29. The van der Waals surface area contributed by atoms with E-state index in [9.17, 15) is 19.5 Å². The normalized spacial score (nSPS) is 13.5. The topological polar surface area (TPSA) is 87.9 Å². The van der Waals surface area contributed by atoms with E-state index in [0.717, 1.165) is 46.3 Å². The molecular weight excluding hydrogens is 356 g/mol. The van der Waals surface area contributed by atoms with E-state index < -0.39 is 11.5 Å². The second-order valence-electron chi connectivity index (χ2n) is 7.23. The third-order valence-electron chi connectivity index (χ3n) is 5.18. The van der Waals surface area contributed by atoms with Crippen molar-refractivity contribution in [2.75, 3.05) is 5.32 Å². The van der Waals surface area contributed by atoms with Crippen LogP contribution in [0.4, 0.5) is 5.69 Å². The Labute approximate surface area is 161 Å². The number of hydrogen-bond donors (Lipinski definition) is 2. The van der Waals surface area contributed by atoms with Gasteiger partial charge < -0.3 is 10.4 Å². The van der Waals surface area contributed by atoms with Gasteiger partial charge in [-0.25, -0.2) is 4.79 Å². The van der Waals surface area contributed by atoms with E-state index >= 15 is 0 Å². The maximum atomic E-state index is 12.7. The van der Waals surface area contributed by atoms with Gasteiger partial charge in [0.05, 0.1) is 5.52 Å². The number of pyridine rings is 2. The average Bonchev–Trinajstić information content (AvgIpc) is 3.48. The van der Waals surface area contributed by atoms with Crippen LogP contribution in [-0.4, -0.2) is 21.4 Å². The van der Waals surface area contributed by atoms with Crippen molar-refractivity contribution in [3.05, 3.63) is 69.6 Å². The lowest BCUT2D eigenvalue weighted by Gasteiger charge is -2.15. The number of anilines is 1. The summed E-state index contributed by atoms with van der Waals surface area (Å²) in [6.07, 6.45) is 3.66. The van der Waals surface area contributed by atoms with Crippen LogP contribution in [0.15, 0.2) is 47.4 Å². The van der Waals surface area contributed by atoms with Gasteiger partial charge in [-0.2, -0.15) is 0 Å². The number of aromatic carboxylic acids is 1. The van der Waals surface area contributed by atoms with Crippen LogP contribution in [0.5, 0.6) is 0 Å². The highest BCUT2D eigenvalue weighted by molar-refractivity contribution is 5.90. The first-order valence-corrected chi connectivity index (χ1v) is 9.17. The van der Waals surface area contributed by atoms with Gasteiger partial charge in [0, 0.05) is 18.8 Å². The first kappa shape index (κ1) is 18.0. The molecule has 1 amide bonds. The number of aryl methyl sites for hydroxylation is 1. The molecule has 0 bridgehead atoms. The summed E-state index contributed by atoms with van der Waals surface area (Å²) in [5, 5.41) is 12.1. The fourth-order valence-corrected chi connectivity index (χ4v) is 3.70. The lowest BCUT2D eigenvalue weighted by molar-refractivity contribution is -0.114. The fraction of sp³-hybridized carbons (Fsp3) is 0.227. The molecule has 2 N–H and O–H groups in total. The van der Waals surface area contributed by atoms with Crippen LogP contribution >= 0.6 is 0 Å². The highest BCUT2D eigenvalue weighted by atomic mass is 16.4. The van der Waals surface area contributed by atoms with Gasteiger partial charge >= 0.3 is 5.97 Å². The van der Waals surface area contributed by atoms with Gasteiger partial charge in [-0.3, -0.25) is 14.0 Å². The smallest absolute Gasteiger partial charge is 0.341 e. The number of carboxylic acid groups (broad SMARTS) is 1. The van der Waals surface area contributed by atoms with E-state index in [1.807, 2.05) is 37.3 Å². The monoisotopic (exact) mass is 376 g/mol. The lowest BCUT2D eigenvalue weighted by atomic mass is 9.96. The van der Waals surface area contributed by atoms with E-state index in [4.69, 9.17) is 0 Å². The van der Waals surface area contributed by atoms with Gasteiger partial charge in [0.15, 0.2) is 0 Å². The van der Waals surface area contributed by atoms with E-state index in [1.54, 1.807) is 12.3 Å². The van der Waals surface area contributed by atoms with Gasteiger partial charge in [-0.15, -0.1) is 0 Å². The summed E-state index contributed by atoms with van der Waals surface area (Å²) in [6, 6.07) is 10.9. The molecule has 0 aliphatic heterocycles. The van der Waals surface area contributed by atoms with Crippen molar-refractivity contribution >= 4 is 23.1 Å². The van der Waals surface area contributed by atoms with Crippen molar-refractivity contribution in [2.45, 2.75) is 32.6 Å². The van der Waals surface area contributed by atoms with Crippen LogP contribution in [0, 0.1) is 6.92 Å². The molecule has 0 radical (unpaired) electrons. The fourth-order valence-electron chi connectivity index (χ4n) is 3.70. The van der Waals surface area contributed by atoms with Crippen molar-refractivity contribution in [3.63, 3.8) is 0 Å². The number of rotatable bonds is 4. The molecule has 4 rings (SSSR count). The van der Waals surface area contributed by atoms with Crippen molar-refractivity contribution in [1.29, 1.82) is 0 Å². The number of amides is 1. The molecule has 1 saturated carbocycles. The Hall–Kier alpha value is -3.41. The molecule has 142 valence electrons. The van der Waals surface area contributed by atoms with Crippen LogP contribution in [0.2, 0.25) is 0 Å². The minimum Gasteiger partial charge on any atom is -0.477 e. The molecule has 1 fully saturated rings. The van der Waals surface area contributed by atoms with Crippen LogP contribution in [0.3, 0.4) is 0 Å². The second kappa shape index (κ2) is 6.64. The molecule has 28 heavy (non-hydrogen) atoms. The van der Waals surface area contributed by atoms with E-state index in [-0.39, 0.29) is 11.5 Å². The molecule has 6 nitrogen and oxygen atoms in total. The van der Waals surface area contributed by atoms with Gasteiger partial charge in [0.2, 0.25) is 5.91 Å². The summed E-state index contributed by atoms with van der Waals surface area (Å²) < 4.78 is 1.46. The van der Waals surface area contributed by atoms with Crippen molar-refractivity contribution < 1.29 is 14.7 Å². The Kier molecular flexibility index (Phi) is 4.26. The molecule has 1 aliphatic carbocycles. The maximum absolute atomic E-state index is 12.7. The summed E-state index contributed by atoms with van der Waals surface area (Å²) in [5.41, 5.74) is 4.60. The molecule has 1 aromatic carbocycles. The Morgan fingerprint density at radius 3 is 2.39 bits per heavy atom. The summed E-state index contributed by atoms with van der Waals surface area (Å²) in [5.74, 6) is -1.03. The number of nitrogens with one attached hydrogen (secondary N) is 1. The van der Waals surface area contributed by atoms with Gasteiger partial charge in [0.25, 0.3) is 5.56 Å². The number of aromatic nitrogens is 1. The Balaban J connectivity index is 1.90. The largest absolute Gasteiger partial charge is 0.477 e. The van der Waals surface area contributed by atoms with Crippen LogP contribution in [-0.2, 0) is 4.79 Å². The molecule has 1 aliphatic rings. The molecular formula is C22H20N2O4. The summed E-state index contributed by atoms with van der Waals surface area (Å²) >= 11 is 0. The molecule has 3 aromatic rings. The van der Waals surface area contributed by atoms with Crippen molar-refractivity contribution in [2.24, 2.45) is 0 Å². The third-order valence-corrected chi connectivity index (χ3v) is 5.18. The molecule has 0 saturated heterocycles. The zero-order chi connectivity index (χ0) is 20.0. The number of hydrogen-bond acceptors (Lipinski definition) is 3. The summed E-state index contributed by atoms with van der Waals surface area (Å²) in [6.45, 7) is 3.42. The molecule has 2 heterocycles. The minimum absolute atomic E-state index is 0.127. The minimum atomic E-state index is -1.20. The number of carbonyl (C=O) groups is 2.